The maximum absolute atomic E-state index is 14.0. The van der Waals surface area contributed by atoms with Crippen molar-refractivity contribution in [2.45, 2.75) is 6.61 Å². The summed E-state index contributed by atoms with van der Waals surface area (Å²) < 4.78 is 39.3. The molecule has 0 atom stereocenters. The number of carbonyl (C=O) groups excluding carboxylic acids is 1. The van der Waals surface area contributed by atoms with Crippen molar-refractivity contribution in [2.24, 2.45) is 5.73 Å². The lowest BCUT2D eigenvalue weighted by Gasteiger charge is -2.09. The SMILES string of the molecule is COc1nccc2scc(COc3c(F)cc(C(N)=O)cc3F)c12. The summed E-state index contributed by atoms with van der Waals surface area (Å²) in [5.74, 6) is -3.06. The maximum atomic E-state index is 14.0. The van der Waals surface area contributed by atoms with Crippen LogP contribution in [0.2, 0.25) is 0 Å². The average molecular weight is 350 g/mol. The van der Waals surface area contributed by atoms with E-state index in [0.717, 1.165) is 22.2 Å². The van der Waals surface area contributed by atoms with Crippen LogP contribution in [-0.2, 0) is 6.61 Å². The minimum Gasteiger partial charge on any atom is -0.483 e. The van der Waals surface area contributed by atoms with Gasteiger partial charge in [0.15, 0.2) is 17.4 Å². The standard InChI is InChI=1S/C16H12F2N2O3S/c1-22-16-13-9(7-24-12(13)2-3-20-16)6-23-14-10(17)4-8(15(19)21)5-11(14)18/h2-5,7H,6H2,1H3,(H2,19,21). The Bertz CT molecular complexity index is 904. The van der Waals surface area contributed by atoms with Crippen LogP contribution in [0.1, 0.15) is 15.9 Å². The fraction of sp³-hybridized carbons (Fsp3) is 0.125. The average Bonchev–Trinajstić information content (AvgIpc) is 2.97. The van der Waals surface area contributed by atoms with Crippen molar-refractivity contribution in [3.63, 3.8) is 0 Å². The predicted octanol–water partition coefficient (Wildman–Crippen LogP) is 3.26. The maximum Gasteiger partial charge on any atom is 0.248 e. The molecule has 0 bridgehead atoms. The van der Waals surface area contributed by atoms with E-state index < -0.39 is 23.3 Å². The number of pyridine rings is 1. The van der Waals surface area contributed by atoms with Gasteiger partial charge in [-0.1, -0.05) is 0 Å². The Balaban J connectivity index is 1.91. The fourth-order valence-corrected chi connectivity index (χ4v) is 3.19. The van der Waals surface area contributed by atoms with Crippen LogP contribution in [0.25, 0.3) is 10.1 Å². The molecule has 0 saturated heterocycles. The third kappa shape index (κ3) is 2.88. The smallest absolute Gasteiger partial charge is 0.248 e. The van der Waals surface area contributed by atoms with Crippen molar-refractivity contribution in [3.05, 3.63) is 52.5 Å². The summed E-state index contributed by atoms with van der Waals surface area (Å²) in [6.07, 6.45) is 1.62. The van der Waals surface area contributed by atoms with Gasteiger partial charge in [-0.2, -0.15) is 0 Å². The van der Waals surface area contributed by atoms with E-state index in [9.17, 15) is 13.6 Å². The van der Waals surface area contributed by atoms with Crippen molar-refractivity contribution >= 4 is 27.3 Å². The van der Waals surface area contributed by atoms with Crippen LogP contribution in [0.4, 0.5) is 8.78 Å². The van der Waals surface area contributed by atoms with Crippen LogP contribution in [0.5, 0.6) is 11.6 Å². The molecule has 0 fully saturated rings. The molecule has 0 radical (unpaired) electrons. The molecule has 2 N–H and O–H groups in total. The molecule has 1 aromatic carbocycles. The minimum absolute atomic E-state index is 0.0776. The molecule has 1 amide bonds. The number of fused-ring (bicyclic) bond motifs is 1. The normalized spacial score (nSPS) is 10.8. The summed E-state index contributed by atoms with van der Waals surface area (Å²) in [5, 5.41) is 2.54. The molecule has 5 nitrogen and oxygen atoms in total. The lowest BCUT2D eigenvalue weighted by atomic mass is 10.2. The van der Waals surface area contributed by atoms with E-state index in [1.807, 2.05) is 11.4 Å². The molecule has 0 aliphatic heterocycles. The Labute approximate surface area is 139 Å². The first kappa shape index (κ1) is 16.1. The van der Waals surface area contributed by atoms with E-state index in [1.165, 1.54) is 18.4 Å². The van der Waals surface area contributed by atoms with Crippen LogP contribution < -0.4 is 15.2 Å². The molecule has 3 rings (SSSR count). The van der Waals surface area contributed by atoms with Gasteiger partial charge in [0.2, 0.25) is 11.8 Å². The Morgan fingerprint density at radius 2 is 2.04 bits per heavy atom. The summed E-state index contributed by atoms with van der Waals surface area (Å²) >= 11 is 1.44. The molecule has 24 heavy (non-hydrogen) atoms. The highest BCUT2D eigenvalue weighted by molar-refractivity contribution is 7.17. The van der Waals surface area contributed by atoms with Crippen LogP contribution in [0.15, 0.2) is 29.8 Å². The largest absolute Gasteiger partial charge is 0.483 e. The second kappa shape index (κ2) is 6.40. The number of nitrogens with two attached hydrogens (primary N) is 1. The number of nitrogens with zero attached hydrogens (tertiary/aromatic N) is 1. The molecule has 0 aliphatic carbocycles. The molecule has 3 aromatic rings. The molecular weight excluding hydrogens is 338 g/mol. The van der Waals surface area contributed by atoms with E-state index in [1.54, 1.807) is 6.20 Å². The summed E-state index contributed by atoms with van der Waals surface area (Å²) in [6, 6.07) is 3.50. The predicted molar refractivity (Wildman–Crippen MR) is 85.4 cm³/mol. The number of hydrogen-bond acceptors (Lipinski definition) is 5. The van der Waals surface area contributed by atoms with Gasteiger partial charge in [0, 0.05) is 22.0 Å². The van der Waals surface area contributed by atoms with E-state index in [4.69, 9.17) is 15.2 Å². The van der Waals surface area contributed by atoms with Gasteiger partial charge in [0.25, 0.3) is 0 Å². The van der Waals surface area contributed by atoms with E-state index in [2.05, 4.69) is 4.98 Å². The number of hydrogen-bond donors (Lipinski definition) is 1. The zero-order valence-electron chi connectivity index (χ0n) is 12.5. The number of ether oxygens (including phenoxy) is 2. The van der Waals surface area contributed by atoms with Crippen LogP contribution >= 0.6 is 11.3 Å². The van der Waals surface area contributed by atoms with E-state index in [-0.39, 0.29) is 12.2 Å². The van der Waals surface area contributed by atoms with Crippen molar-refractivity contribution in [1.29, 1.82) is 0 Å². The number of rotatable bonds is 5. The van der Waals surface area contributed by atoms with Gasteiger partial charge in [-0.25, -0.2) is 13.8 Å². The topological polar surface area (TPSA) is 74.4 Å². The van der Waals surface area contributed by atoms with Crippen LogP contribution in [0, 0.1) is 11.6 Å². The van der Waals surface area contributed by atoms with Gasteiger partial charge in [-0.15, -0.1) is 11.3 Å². The lowest BCUT2D eigenvalue weighted by molar-refractivity contribution is 0.0999. The van der Waals surface area contributed by atoms with Crippen molar-refractivity contribution in [1.82, 2.24) is 4.98 Å². The number of amides is 1. The van der Waals surface area contributed by atoms with Gasteiger partial charge in [-0.05, 0) is 23.6 Å². The van der Waals surface area contributed by atoms with Crippen molar-refractivity contribution in [2.75, 3.05) is 7.11 Å². The zero-order valence-corrected chi connectivity index (χ0v) is 13.3. The molecule has 0 spiro atoms. The highest BCUT2D eigenvalue weighted by atomic mass is 32.1. The van der Waals surface area contributed by atoms with Crippen molar-refractivity contribution in [3.8, 4) is 11.6 Å². The summed E-state index contributed by atoms with van der Waals surface area (Å²) in [6.45, 7) is -0.0776. The Hall–Kier alpha value is -2.74. The summed E-state index contributed by atoms with van der Waals surface area (Å²) in [4.78, 5) is 15.1. The number of aromatic nitrogens is 1. The van der Waals surface area contributed by atoms with E-state index >= 15 is 0 Å². The first-order valence-electron chi connectivity index (χ1n) is 6.82. The number of thiophene rings is 1. The van der Waals surface area contributed by atoms with Gasteiger partial charge in [-0.3, -0.25) is 4.79 Å². The third-order valence-corrected chi connectivity index (χ3v) is 4.37. The van der Waals surface area contributed by atoms with E-state index in [0.29, 0.717) is 11.4 Å². The molecular formula is C16H12F2N2O3S. The van der Waals surface area contributed by atoms with Gasteiger partial charge < -0.3 is 15.2 Å². The molecule has 0 aliphatic rings. The quantitative estimate of drug-likeness (QED) is 0.766. The van der Waals surface area contributed by atoms with Crippen LogP contribution in [-0.4, -0.2) is 18.0 Å². The second-order valence-electron chi connectivity index (χ2n) is 4.88. The second-order valence-corrected chi connectivity index (χ2v) is 5.79. The number of methoxy groups -OCH3 is 1. The number of primary amides is 1. The Morgan fingerprint density at radius 3 is 2.67 bits per heavy atom. The first-order valence-corrected chi connectivity index (χ1v) is 7.70. The molecule has 8 heteroatoms. The Kier molecular flexibility index (Phi) is 4.30. The van der Waals surface area contributed by atoms with Crippen LogP contribution in [0.3, 0.4) is 0 Å². The third-order valence-electron chi connectivity index (χ3n) is 3.38. The highest BCUT2D eigenvalue weighted by Crippen LogP contribution is 2.33. The molecule has 0 unspecified atom stereocenters. The Morgan fingerprint density at radius 1 is 1.33 bits per heavy atom. The van der Waals surface area contributed by atoms with Gasteiger partial charge in [0.1, 0.15) is 6.61 Å². The lowest BCUT2D eigenvalue weighted by Crippen LogP contribution is -2.12. The zero-order chi connectivity index (χ0) is 17.3. The molecule has 2 aromatic heterocycles. The van der Waals surface area contributed by atoms with Gasteiger partial charge in [0.05, 0.1) is 12.5 Å². The first-order chi connectivity index (χ1) is 11.5. The highest BCUT2D eigenvalue weighted by Gasteiger charge is 2.17. The summed E-state index contributed by atoms with van der Waals surface area (Å²) in [5.41, 5.74) is 5.45. The number of halogens is 2. The fourth-order valence-electron chi connectivity index (χ4n) is 2.26. The monoisotopic (exact) mass is 350 g/mol. The summed E-state index contributed by atoms with van der Waals surface area (Å²) in [7, 11) is 1.49. The number of benzene rings is 1. The number of carbonyl (C=O) groups is 1. The molecule has 0 saturated carbocycles. The molecule has 124 valence electrons. The van der Waals surface area contributed by atoms with Crippen molar-refractivity contribution < 1.29 is 23.0 Å². The molecule has 2 heterocycles. The minimum atomic E-state index is -0.992. The van der Waals surface area contributed by atoms with Gasteiger partial charge >= 0.3 is 0 Å².